The number of phenolic OH excluding ortho intramolecular Hbond substituents is 1. The third kappa shape index (κ3) is 3.04. The van der Waals surface area contributed by atoms with E-state index >= 15 is 0 Å². The highest BCUT2D eigenvalue weighted by molar-refractivity contribution is 7.17. The van der Waals surface area contributed by atoms with E-state index in [0.717, 1.165) is 57.8 Å². The van der Waals surface area contributed by atoms with Crippen LogP contribution in [0.3, 0.4) is 0 Å². The summed E-state index contributed by atoms with van der Waals surface area (Å²) in [6.07, 6.45) is 2.36. The topological polar surface area (TPSA) is 61.3 Å². The molecule has 26 heavy (non-hydrogen) atoms. The van der Waals surface area contributed by atoms with Crippen molar-refractivity contribution in [3.8, 4) is 17.0 Å². The van der Waals surface area contributed by atoms with Crippen LogP contribution in [0.4, 0.5) is 5.82 Å². The van der Waals surface area contributed by atoms with Gasteiger partial charge in [0.2, 0.25) is 0 Å². The highest BCUT2D eigenvalue weighted by Crippen LogP contribution is 2.39. The van der Waals surface area contributed by atoms with Crippen molar-refractivity contribution in [1.29, 1.82) is 0 Å². The van der Waals surface area contributed by atoms with Crippen LogP contribution in [0.2, 0.25) is 0 Å². The molecule has 1 atom stereocenters. The zero-order valence-corrected chi connectivity index (χ0v) is 16.2. The van der Waals surface area contributed by atoms with E-state index in [9.17, 15) is 5.11 Å². The molecule has 1 unspecified atom stereocenters. The lowest BCUT2D eigenvalue weighted by atomic mass is 10.0. The second-order valence-electron chi connectivity index (χ2n) is 7.19. The van der Waals surface area contributed by atoms with E-state index in [4.69, 9.17) is 0 Å². The molecule has 5 nitrogen and oxygen atoms in total. The molecule has 1 aromatic carbocycles. The highest BCUT2D eigenvalue weighted by Gasteiger charge is 2.20. The van der Waals surface area contributed by atoms with Crippen LogP contribution in [0, 0.1) is 13.8 Å². The zero-order valence-electron chi connectivity index (χ0n) is 15.4. The Labute approximate surface area is 157 Å². The van der Waals surface area contributed by atoms with Crippen LogP contribution < -0.4 is 5.32 Å². The van der Waals surface area contributed by atoms with Crippen molar-refractivity contribution in [2.75, 3.05) is 25.5 Å². The summed E-state index contributed by atoms with van der Waals surface area (Å²) in [6, 6.07) is 6.33. The average molecular weight is 369 g/mol. The van der Waals surface area contributed by atoms with Gasteiger partial charge >= 0.3 is 0 Å². The molecule has 1 fully saturated rings. The number of nitrogens with one attached hydrogen (secondary N) is 1. The van der Waals surface area contributed by atoms with Crippen LogP contribution >= 0.6 is 11.3 Å². The first-order chi connectivity index (χ1) is 12.5. The number of likely N-dealkylation sites (N-methyl/N-ethyl adjacent to an activating group) is 1. The second-order valence-corrected chi connectivity index (χ2v) is 8.13. The molecule has 136 valence electrons. The predicted molar refractivity (Wildman–Crippen MR) is 108 cm³/mol. The Morgan fingerprint density at radius 2 is 2.04 bits per heavy atom. The van der Waals surface area contributed by atoms with E-state index in [-0.39, 0.29) is 5.75 Å². The molecule has 0 saturated carbocycles. The minimum atomic E-state index is 0.287. The lowest BCUT2D eigenvalue weighted by molar-refractivity contribution is 0.260. The van der Waals surface area contributed by atoms with Gasteiger partial charge in [0.15, 0.2) is 5.82 Å². The highest BCUT2D eigenvalue weighted by atomic mass is 32.1. The van der Waals surface area contributed by atoms with Gasteiger partial charge in [-0.15, -0.1) is 21.5 Å². The molecule has 1 saturated heterocycles. The monoisotopic (exact) mass is 368 g/mol. The molecule has 1 aliphatic rings. The number of rotatable bonds is 3. The van der Waals surface area contributed by atoms with Gasteiger partial charge in [-0.1, -0.05) is 0 Å². The average Bonchev–Trinajstić information content (AvgIpc) is 3.10. The number of phenols is 1. The number of aromatic hydroxyl groups is 1. The minimum absolute atomic E-state index is 0.287. The van der Waals surface area contributed by atoms with Crippen molar-refractivity contribution in [1.82, 2.24) is 15.1 Å². The molecule has 0 radical (unpaired) electrons. The first-order valence-corrected chi connectivity index (χ1v) is 9.91. The summed E-state index contributed by atoms with van der Waals surface area (Å²) in [7, 11) is 2.16. The van der Waals surface area contributed by atoms with E-state index in [0.29, 0.717) is 6.04 Å². The van der Waals surface area contributed by atoms with Gasteiger partial charge in [-0.2, -0.15) is 0 Å². The van der Waals surface area contributed by atoms with Crippen LogP contribution in [0.25, 0.3) is 21.3 Å². The smallest absolute Gasteiger partial charge is 0.152 e. The summed E-state index contributed by atoms with van der Waals surface area (Å²) < 4.78 is 1.08. The van der Waals surface area contributed by atoms with E-state index < -0.39 is 0 Å². The number of anilines is 1. The van der Waals surface area contributed by atoms with Gasteiger partial charge in [-0.3, -0.25) is 0 Å². The molecule has 6 heteroatoms. The third-order valence-corrected chi connectivity index (χ3v) is 6.23. The summed E-state index contributed by atoms with van der Waals surface area (Å²) in [5, 5.41) is 26.0. The summed E-state index contributed by atoms with van der Waals surface area (Å²) in [5.74, 6) is 1.14. The molecular formula is C20H24N4OS. The lowest BCUT2D eigenvalue weighted by Crippen LogP contribution is -2.40. The number of piperidine rings is 1. The van der Waals surface area contributed by atoms with Crippen molar-refractivity contribution in [3.63, 3.8) is 0 Å². The number of fused-ring (bicyclic) bond motifs is 1. The predicted octanol–water partition coefficient (Wildman–Crippen LogP) is 4.19. The SMILES string of the molecule is Cc1c(NC2CCCN(C)C2)nnc(-c2ccc3sccc3c2O)c1C. The Balaban J connectivity index is 1.68. The van der Waals surface area contributed by atoms with Crippen molar-refractivity contribution in [3.05, 3.63) is 34.7 Å². The molecule has 0 amide bonds. The van der Waals surface area contributed by atoms with Crippen LogP contribution in [-0.2, 0) is 0 Å². The van der Waals surface area contributed by atoms with Crippen molar-refractivity contribution in [2.24, 2.45) is 0 Å². The van der Waals surface area contributed by atoms with Gasteiger partial charge in [0.05, 0.1) is 5.69 Å². The molecule has 2 N–H and O–H groups in total. The number of nitrogens with zero attached hydrogens (tertiary/aromatic N) is 3. The maximum Gasteiger partial charge on any atom is 0.152 e. The Hall–Kier alpha value is -2.18. The van der Waals surface area contributed by atoms with Gasteiger partial charge in [0.25, 0.3) is 0 Å². The van der Waals surface area contributed by atoms with E-state index in [2.05, 4.69) is 41.3 Å². The first kappa shape index (κ1) is 17.2. The molecule has 0 spiro atoms. The fourth-order valence-electron chi connectivity index (χ4n) is 3.70. The Morgan fingerprint density at radius 3 is 2.85 bits per heavy atom. The number of hydrogen-bond acceptors (Lipinski definition) is 6. The Bertz CT molecular complexity index is 952. The van der Waals surface area contributed by atoms with Crippen LogP contribution in [0.1, 0.15) is 24.0 Å². The summed E-state index contributed by atoms with van der Waals surface area (Å²) >= 11 is 1.62. The molecule has 3 aromatic rings. The van der Waals surface area contributed by atoms with E-state index in [1.807, 2.05) is 23.6 Å². The van der Waals surface area contributed by atoms with E-state index in [1.165, 1.54) is 6.42 Å². The summed E-state index contributed by atoms with van der Waals surface area (Å²) in [6.45, 7) is 6.31. The fourth-order valence-corrected chi connectivity index (χ4v) is 4.48. The summed E-state index contributed by atoms with van der Waals surface area (Å²) in [5.41, 5.74) is 3.64. The zero-order chi connectivity index (χ0) is 18.3. The van der Waals surface area contributed by atoms with Crippen molar-refractivity contribution in [2.45, 2.75) is 32.7 Å². The standard InChI is InChI=1S/C20H24N4OS/c1-12-13(2)20(21-14-5-4-9-24(3)11-14)23-22-18(12)16-6-7-17-15(19(16)25)8-10-26-17/h6-8,10,14,25H,4-5,9,11H2,1-3H3,(H,21,23). The minimum Gasteiger partial charge on any atom is -0.507 e. The van der Waals surface area contributed by atoms with Crippen molar-refractivity contribution >= 4 is 27.2 Å². The van der Waals surface area contributed by atoms with Crippen LogP contribution in [-0.4, -0.2) is 46.4 Å². The molecule has 1 aliphatic heterocycles. The lowest BCUT2D eigenvalue weighted by Gasteiger charge is -2.31. The Kier molecular flexibility index (Phi) is 4.54. The number of hydrogen-bond donors (Lipinski definition) is 2. The largest absolute Gasteiger partial charge is 0.507 e. The normalized spacial score (nSPS) is 18.3. The molecule has 3 heterocycles. The van der Waals surface area contributed by atoms with Crippen LogP contribution in [0.5, 0.6) is 5.75 Å². The first-order valence-electron chi connectivity index (χ1n) is 9.03. The number of aromatic nitrogens is 2. The Morgan fingerprint density at radius 1 is 1.19 bits per heavy atom. The van der Waals surface area contributed by atoms with E-state index in [1.54, 1.807) is 11.3 Å². The molecular weight excluding hydrogens is 344 g/mol. The maximum absolute atomic E-state index is 10.7. The number of likely N-dealkylation sites (tertiary alicyclic amines) is 1. The fraction of sp³-hybridized carbons (Fsp3) is 0.400. The third-order valence-electron chi connectivity index (χ3n) is 5.35. The van der Waals surface area contributed by atoms with Gasteiger partial charge in [0, 0.05) is 28.2 Å². The molecule has 4 rings (SSSR count). The molecule has 2 aromatic heterocycles. The maximum atomic E-state index is 10.7. The van der Waals surface area contributed by atoms with Crippen LogP contribution in [0.15, 0.2) is 23.6 Å². The summed E-state index contributed by atoms with van der Waals surface area (Å²) in [4.78, 5) is 2.35. The number of benzene rings is 1. The van der Waals surface area contributed by atoms with Crippen molar-refractivity contribution < 1.29 is 5.11 Å². The van der Waals surface area contributed by atoms with Gasteiger partial charge in [0.1, 0.15) is 5.75 Å². The number of thiophene rings is 1. The molecule has 0 bridgehead atoms. The van der Waals surface area contributed by atoms with Gasteiger partial charge < -0.3 is 15.3 Å². The van der Waals surface area contributed by atoms with Gasteiger partial charge in [-0.05, 0) is 75.0 Å². The van der Waals surface area contributed by atoms with Gasteiger partial charge in [-0.25, -0.2) is 0 Å². The quantitative estimate of drug-likeness (QED) is 0.726. The second kappa shape index (κ2) is 6.85. The molecule has 0 aliphatic carbocycles.